The van der Waals surface area contributed by atoms with Crippen LogP contribution in [-0.2, 0) is 19.4 Å². The van der Waals surface area contributed by atoms with Gasteiger partial charge in [0.25, 0.3) is 0 Å². The van der Waals surface area contributed by atoms with E-state index in [9.17, 15) is 0 Å². The van der Waals surface area contributed by atoms with Gasteiger partial charge in [0.05, 0.1) is 4.88 Å². The van der Waals surface area contributed by atoms with Crippen LogP contribution in [0.5, 0.6) is 0 Å². The maximum atomic E-state index is 5.36. The summed E-state index contributed by atoms with van der Waals surface area (Å²) < 4.78 is 7.55. The number of thioether (sulfide) groups is 1. The van der Waals surface area contributed by atoms with E-state index >= 15 is 0 Å². The molecule has 0 bridgehead atoms. The standard InChI is InChI=1S/C20H21N5OS2/c1-2-25-17(14-15-8-4-3-5-9-15)22-23-20(25)28-13-7-11-18-21-19(24-26-18)16-10-6-12-27-16/h3-6,8-10,12H,2,7,11,13-14H2,1H3. The summed E-state index contributed by atoms with van der Waals surface area (Å²) in [5, 5.41) is 15.8. The lowest BCUT2D eigenvalue weighted by Gasteiger charge is -2.07. The quantitative estimate of drug-likeness (QED) is 0.293. The fourth-order valence-corrected chi connectivity index (χ4v) is 4.51. The van der Waals surface area contributed by atoms with Crippen LogP contribution in [0.1, 0.15) is 30.6 Å². The van der Waals surface area contributed by atoms with Gasteiger partial charge in [-0.15, -0.1) is 21.5 Å². The first kappa shape index (κ1) is 18.9. The van der Waals surface area contributed by atoms with Gasteiger partial charge in [0.1, 0.15) is 5.82 Å². The summed E-state index contributed by atoms with van der Waals surface area (Å²) in [6.07, 6.45) is 2.51. The van der Waals surface area contributed by atoms with Crippen LogP contribution in [0.4, 0.5) is 0 Å². The normalized spacial score (nSPS) is 11.2. The predicted molar refractivity (Wildman–Crippen MR) is 112 cm³/mol. The van der Waals surface area contributed by atoms with Gasteiger partial charge in [-0.25, -0.2) is 0 Å². The number of nitrogens with zero attached hydrogens (tertiary/aromatic N) is 5. The molecule has 1 aromatic carbocycles. The van der Waals surface area contributed by atoms with Gasteiger partial charge < -0.3 is 9.09 Å². The third kappa shape index (κ3) is 4.51. The van der Waals surface area contributed by atoms with Crippen molar-refractivity contribution >= 4 is 23.1 Å². The fourth-order valence-electron chi connectivity index (χ4n) is 2.90. The molecule has 4 rings (SSSR count). The molecule has 0 atom stereocenters. The molecule has 0 saturated carbocycles. The first-order valence-corrected chi connectivity index (χ1v) is 11.1. The van der Waals surface area contributed by atoms with E-state index < -0.39 is 0 Å². The van der Waals surface area contributed by atoms with Crippen molar-refractivity contribution < 1.29 is 4.52 Å². The molecule has 8 heteroatoms. The lowest BCUT2D eigenvalue weighted by Crippen LogP contribution is -2.04. The Morgan fingerprint density at radius 3 is 2.79 bits per heavy atom. The SMILES string of the molecule is CCn1c(Cc2ccccc2)nnc1SCCCc1nc(-c2cccs2)no1. The molecule has 0 aliphatic rings. The van der Waals surface area contributed by atoms with Crippen molar-refractivity contribution in [2.45, 2.75) is 37.9 Å². The Morgan fingerprint density at radius 2 is 2.00 bits per heavy atom. The minimum atomic E-state index is 0.675. The van der Waals surface area contributed by atoms with Crippen LogP contribution in [0.25, 0.3) is 10.7 Å². The van der Waals surface area contributed by atoms with Crippen molar-refractivity contribution in [3.63, 3.8) is 0 Å². The predicted octanol–water partition coefficient (Wildman–Crippen LogP) is 4.73. The molecule has 6 nitrogen and oxygen atoms in total. The lowest BCUT2D eigenvalue weighted by molar-refractivity contribution is 0.378. The second-order valence-electron chi connectivity index (χ2n) is 6.25. The minimum absolute atomic E-state index is 0.675. The van der Waals surface area contributed by atoms with Crippen molar-refractivity contribution in [3.05, 3.63) is 65.1 Å². The van der Waals surface area contributed by atoms with Crippen LogP contribution in [0.15, 0.2) is 57.5 Å². The highest BCUT2D eigenvalue weighted by Crippen LogP contribution is 2.23. The second-order valence-corrected chi connectivity index (χ2v) is 8.26. The number of benzene rings is 1. The summed E-state index contributed by atoms with van der Waals surface area (Å²) in [5.74, 6) is 3.30. The molecule has 3 heterocycles. The molecule has 0 fully saturated rings. The third-order valence-corrected chi connectivity index (χ3v) is 6.21. The molecule has 0 radical (unpaired) electrons. The average molecular weight is 412 g/mol. The second kappa shape index (κ2) is 9.16. The topological polar surface area (TPSA) is 69.6 Å². The van der Waals surface area contributed by atoms with E-state index in [1.807, 2.05) is 23.6 Å². The van der Waals surface area contributed by atoms with Crippen LogP contribution in [0.3, 0.4) is 0 Å². The van der Waals surface area contributed by atoms with E-state index in [1.54, 1.807) is 23.1 Å². The third-order valence-electron chi connectivity index (χ3n) is 4.29. The number of hydrogen-bond acceptors (Lipinski definition) is 7. The Kier molecular flexibility index (Phi) is 6.18. The van der Waals surface area contributed by atoms with Gasteiger partial charge in [-0.2, -0.15) is 4.98 Å². The van der Waals surface area contributed by atoms with Gasteiger partial charge in [-0.1, -0.05) is 53.3 Å². The molecule has 0 N–H and O–H groups in total. The maximum Gasteiger partial charge on any atom is 0.227 e. The summed E-state index contributed by atoms with van der Waals surface area (Å²) in [4.78, 5) is 5.51. The monoisotopic (exact) mass is 411 g/mol. The maximum absolute atomic E-state index is 5.36. The highest BCUT2D eigenvalue weighted by molar-refractivity contribution is 7.99. The average Bonchev–Trinajstić information content (AvgIpc) is 3.47. The van der Waals surface area contributed by atoms with Crippen LogP contribution >= 0.6 is 23.1 Å². The first-order valence-electron chi connectivity index (χ1n) is 9.28. The number of rotatable bonds is 9. The van der Waals surface area contributed by atoms with Gasteiger partial charge in [-0.05, 0) is 30.4 Å². The molecule has 144 valence electrons. The lowest BCUT2D eigenvalue weighted by atomic mass is 10.1. The molecule has 0 amide bonds. The highest BCUT2D eigenvalue weighted by atomic mass is 32.2. The molecule has 0 spiro atoms. The van der Waals surface area contributed by atoms with Crippen molar-refractivity contribution in [1.82, 2.24) is 24.9 Å². The fraction of sp³-hybridized carbons (Fsp3) is 0.300. The largest absolute Gasteiger partial charge is 0.339 e. The zero-order valence-corrected chi connectivity index (χ0v) is 17.2. The molecule has 0 saturated heterocycles. The summed E-state index contributed by atoms with van der Waals surface area (Å²) in [6, 6.07) is 14.4. The zero-order chi connectivity index (χ0) is 19.2. The van der Waals surface area contributed by atoms with Crippen LogP contribution < -0.4 is 0 Å². The van der Waals surface area contributed by atoms with Crippen molar-refractivity contribution in [1.29, 1.82) is 0 Å². The van der Waals surface area contributed by atoms with Crippen LogP contribution in [0.2, 0.25) is 0 Å². The van der Waals surface area contributed by atoms with Crippen LogP contribution in [-0.4, -0.2) is 30.7 Å². The van der Waals surface area contributed by atoms with E-state index in [0.29, 0.717) is 11.7 Å². The van der Waals surface area contributed by atoms with E-state index in [4.69, 9.17) is 4.52 Å². The van der Waals surface area contributed by atoms with Crippen molar-refractivity contribution in [2.24, 2.45) is 0 Å². The molecule has 28 heavy (non-hydrogen) atoms. The van der Waals surface area contributed by atoms with Crippen molar-refractivity contribution in [3.8, 4) is 10.7 Å². The first-order chi connectivity index (χ1) is 13.8. The zero-order valence-electron chi connectivity index (χ0n) is 15.6. The van der Waals surface area contributed by atoms with Gasteiger partial charge >= 0.3 is 0 Å². The van der Waals surface area contributed by atoms with E-state index in [1.165, 1.54) is 5.56 Å². The van der Waals surface area contributed by atoms with E-state index in [-0.39, 0.29) is 0 Å². The number of thiophene rings is 1. The van der Waals surface area contributed by atoms with Gasteiger partial charge in [0, 0.05) is 25.1 Å². The summed E-state index contributed by atoms with van der Waals surface area (Å²) in [5.41, 5.74) is 1.25. The number of hydrogen-bond donors (Lipinski definition) is 0. The Labute approximate surface area is 172 Å². The summed E-state index contributed by atoms with van der Waals surface area (Å²) in [6.45, 7) is 3.00. The smallest absolute Gasteiger partial charge is 0.227 e. The molecule has 0 aliphatic heterocycles. The van der Waals surface area contributed by atoms with Gasteiger partial charge in [0.15, 0.2) is 5.16 Å². The summed E-state index contributed by atoms with van der Waals surface area (Å²) in [7, 11) is 0. The van der Waals surface area contributed by atoms with Gasteiger partial charge in [0.2, 0.25) is 11.7 Å². The molecule has 0 unspecified atom stereocenters. The molecule has 0 aliphatic carbocycles. The van der Waals surface area contributed by atoms with E-state index in [0.717, 1.165) is 47.4 Å². The molecular weight excluding hydrogens is 390 g/mol. The van der Waals surface area contributed by atoms with Gasteiger partial charge in [-0.3, -0.25) is 0 Å². The Morgan fingerprint density at radius 1 is 1.11 bits per heavy atom. The number of aromatic nitrogens is 5. The minimum Gasteiger partial charge on any atom is -0.339 e. The molecule has 3 aromatic heterocycles. The Hall–Kier alpha value is -2.45. The Balaban J connectivity index is 1.30. The van der Waals surface area contributed by atoms with E-state index in [2.05, 4.69) is 56.1 Å². The highest BCUT2D eigenvalue weighted by Gasteiger charge is 2.13. The van der Waals surface area contributed by atoms with Crippen molar-refractivity contribution in [2.75, 3.05) is 5.75 Å². The number of aryl methyl sites for hydroxylation is 1. The molecular formula is C20H21N5OS2. The van der Waals surface area contributed by atoms with Crippen LogP contribution in [0, 0.1) is 0 Å². The Bertz CT molecular complexity index is 995. The molecule has 4 aromatic rings. The summed E-state index contributed by atoms with van der Waals surface area (Å²) >= 11 is 3.34.